The lowest BCUT2D eigenvalue weighted by molar-refractivity contribution is -0.121. The Morgan fingerprint density at radius 2 is 1.66 bits per heavy atom. The van der Waals surface area contributed by atoms with E-state index in [0.29, 0.717) is 36.8 Å². The fourth-order valence-electron chi connectivity index (χ4n) is 5.85. The molecular weight excluding hydrogens is 495 g/mol. The van der Waals surface area contributed by atoms with Crippen LogP contribution in [-0.4, -0.2) is 81.0 Å². The molecule has 0 aromatic heterocycles. The number of nitrogens with zero attached hydrogens (tertiary/aromatic N) is 1. The molecule has 1 aromatic carbocycles. The summed E-state index contributed by atoms with van der Waals surface area (Å²) < 4.78 is 12.0. The maximum Gasteiger partial charge on any atom is 0.172 e. The van der Waals surface area contributed by atoms with Crippen LogP contribution < -0.4 is 16.0 Å². The van der Waals surface area contributed by atoms with Gasteiger partial charge in [-0.25, -0.2) is 0 Å². The van der Waals surface area contributed by atoms with Gasteiger partial charge >= 0.3 is 0 Å². The number of Topliss-reactive ketones (excluding diaryl/α,β-unsaturated/α-hetero) is 1. The molecule has 2 saturated heterocycles. The highest BCUT2D eigenvalue weighted by molar-refractivity contribution is 7.47. The summed E-state index contributed by atoms with van der Waals surface area (Å²) >= 11 is 0. The van der Waals surface area contributed by atoms with Gasteiger partial charge in [-0.1, -0.05) is 62.4 Å². The molecule has 0 spiro atoms. The van der Waals surface area contributed by atoms with E-state index < -0.39 is 8.38 Å². The molecule has 1 saturated carbocycles. The van der Waals surface area contributed by atoms with Crippen LogP contribution in [0.5, 0.6) is 0 Å². The van der Waals surface area contributed by atoms with Gasteiger partial charge < -0.3 is 19.7 Å². The largest absolute Gasteiger partial charge is 0.334 e. The third-order valence-electron chi connectivity index (χ3n) is 8.24. The van der Waals surface area contributed by atoms with Crippen LogP contribution in [0.2, 0.25) is 0 Å². The highest BCUT2D eigenvalue weighted by Gasteiger charge is 2.25. The molecule has 7 nitrogen and oxygen atoms in total. The summed E-state index contributed by atoms with van der Waals surface area (Å²) in [5.74, 6) is 1.24. The standard InChI is InChI=1S/C30H51N4O3P/c1-25(21-32-29(20-27-11-6-3-7-12-27)23-38-36-17-8-18-37-38)31-22-28(19-26-9-4-2-5-10-26)33-24-34-15-13-30(35)14-16-34/h2,4-5,9-10,25,27-29,31-33H,3,6-8,11-24H2,1H3/t25?,28-,29-/m0/s1. The second kappa shape index (κ2) is 17.0. The van der Waals surface area contributed by atoms with Crippen molar-refractivity contribution in [2.24, 2.45) is 5.92 Å². The Bertz CT molecular complexity index is 759. The van der Waals surface area contributed by atoms with Crippen molar-refractivity contribution in [1.82, 2.24) is 20.9 Å². The summed E-state index contributed by atoms with van der Waals surface area (Å²) in [4.78, 5) is 14.0. The fourth-order valence-corrected chi connectivity index (χ4v) is 7.44. The zero-order valence-electron chi connectivity index (χ0n) is 23.5. The molecule has 3 atom stereocenters. The topological polar surface area (TPSA) is 74.9 Å². The molecule has 1 aromatic rings. The van der Waals surface area contributed by atoms with Crippen LogP contribution in [0, 0.1) is 5.92 Å². The molecule has 3 aliphatic rings. The van der Waals surface area contributed by atoms with Gasteiger partial charge in [-0.05, 0) is 37.7 Å². The summed E-state index contributed by atoms with van der Waals surface area (Å²) in [6, 6.07) is 11.9. The number of nitrogens with one attached hydrogen (secondary N) is 3. The van der Waals surface area contributed by atoms with E-state index in [9.17, 15) is 4.79 Å². The van der Waals surface area contributed by atoms with Crippen molar-refractivity contribution in [3.05, 3.63) is 35.9 Å². The first-order valence-electron chi connectivity index (χ1n) is 15.2. The number of hydrogen-bond donors (Lipinski definition) is 3. The summed E-state index contributed by atoms with van der Waals surface area (Å²) in [5, 5.41) is 11.5. The number of ketones is 1. The van der Waals surface area contributed by atoms with Crippen LogP contribution in [0.3, 0.4) is 0 Å². The van der Waals surface area contributed by atoms with Crippen molar-refractivity contribution in [2.75, 3.05) is 52.2 Å². The number of rotatable bonds is 15. The first kappa shape index (κ1) is 30.0. The van der Waals surface area contributed by atoms with E-state index in [1.807, 2.05) is 0 Å². The molecule has 3 N–H and O–H groups in total. The molecule has 214 valence electrons. The van der Waals surface area contributed by atoms with Gasteiger partial charge in [0.1, 0.15) is 5.78 Å². The minimum Gasteiger partial charge on any atom is -0.334 e. The van der Waals surface area contributed by atoms with E-state index in [1.165, 1.54) is 44.1 Å². The van der Waals surface area contributed by atoms with E-state index in [0.717, 1.165) is 71.0 Å². The average molecular weight is 547 g/mol. The molecule has 2 heterocycles. The predicted molar refractivity (Wildman–Crippen MR) is 157 cm³/mol. The van der Waals surface area contributed by atoms with E-state index in [-0.39, 0.29) is 0 Å². The maximum absolute atomic E-state index is 11.6. The summed E-state index contributed by atoms with van der Waals surface area (Å²) in [6.45, 7) is 8.44. The highest BCUT2D eigenvalue weighted by Crippen LogP contribution is 2.43. The van der Waals surface area contributed by atoms with Gasteiger partial charge in [0.2, 0.25) is 0 Å². The monoisotopic (exact) mass is 546 g/mol. The normalized spacial score (nSPS) is 22.8. The van der Waals surface area contributed by atoms with Gasteiger partial charge in [0.05, 0.1) is 13.2 Å². The van der Waals surface area contributed by atoms with Crippen molar-refractivity contribution in [2.45, 2.75) is 89.3 Å². The highest BCUT2D eigenvalue weighted by atomic mass is 31.2. The van der Waals surface area contributed by atoms with Gasteiger partial charge in [-0.15, -0.1) is 0 Å². The van der Waals surface area contributed by atoms with E-state index >= 15 is 0 Å². The Labute approximate surface area is 232 Å². The van der Waals surface area contributed by atoms with Gasteiger partial charge in [0, 0.05) is 70.0 Å². The van der Waals surface area contributed by atoms with Crippen molar-refractivity contribution >= 4 is 14.2 Å². The summed E-state index contributed by atoms with van der Waals surface area (Å²) in [7, 11) is -0.748. The Morgan fingerprint density at radius 3 is 2.39 bits per heavy atom. The fraction of sp³-hybridized carbons (Fsp3) is 0.767. The summed E-state index contributed by atoms with van der Waals surface area (Å²) in [5.41, 5.74) is 1.36. The van der Waals surface area contributed by atoms with Crippen LogP contribution in [0.15, 0.2) is 30.3 Å². The number of hydrogen-bond acceptors (Lipinski definition) is 7. The Balaban J connectivity index is 1.24. The summed E-state index contributed by atoms with van der Waals surface area (Å²) in [6.07, 6.45) is 12.6. The number of piperidine rings is 1. The van der Waals surface area contributed by atoms with Crippen molar-refractivity contribution in [3.8, 4) is 0 Å². The zero-order chi connectivity index (χ0) is 26.4. The minimum atomic E-state index is -0.748. The maximum atomic E-state index is 11.6. The Hall–Kier alpha value is -0.920. The molecular formula is C30H51N4O3P. The lowest BCUT2D eigenvalue weighted by Crippen LogP contribution is -2.50. The number of carbonyl (C=O) groups is 1. The number of benzene rings is 1. The van der Waals surface area contributed by atoms with E-state index in [4.69, 9.17) is 9.05 Å². The van der Waals surface area contributed by atoms with Gasteiger partial charge in [0.25, 0.3) is 0 Å². The smallest absolute Gasteiger partial charge is 0.172 e. The molecule has 3 fully saturated rings. The minimum absolute atomic E-state index is 0.336. The van der Waals surface area contributed by atoms with Crippen LogP contribution in [0.1, 0.15) is 70.3 Å². The van der Waals surface area contributed by atoms with Crippen LogP contribution in [0.4, 0.5) is 0 Å². The Morgan fingerprint density at radius 1 is 0.921 bits per heavy atom. The molecule has 1 unspecified atom stereocenters. The van der Waals surface area contributed by atoms with Crippen LogP contribution >= 0.6 is 8.38 Å². The molecule has 0 amide bonds. The first-order chi connectivity index (χ1) is 18.6. The van der Waals surface area contributed by atoms with Crippen molar-refractivity contribution in [3.63, 3.8) is 0 Å². The molecule has 2 aliphatic heterocycles. The molecule has 8 heteroatoms. The first-order valence-corrected chi connectivity index (χ1v) is 16.5. The van der Waals surface area contributed by atoms with E-state index in [1.54, 1.807) is 0 Å². The second-order valence-electron chi connectivity index (χ2n) is 11.6. The molecule has 0 radical (unpaired) electrons. The van der Waals surface area contributed by atoms with Crippen LogP contribution in [-0.2, 0) is 20.3 Å². The van der Waals surface area contributed by atoms with Crippen molar-refractivity contribution < 1.29 is 13.8 Å². The average Bonchev–Trinajstić information content (AvgIpc) is 2.95. The third kappa shape index (κ3) is 11.3. The van der Waals surface area contributed by atoms with Gasteiger partial charge in [-0.2, -0.15) is 0 Å². The SMILES string of the molecule is CC(CN[C@@H](CC1CCCCC1)CP1OCCCO1)NC[C@H](Cc1ccccc1)NCN1CCC(=O)CC1. The predicted octanol–water partition coefficient (Wildman–Crippen LogP) is 4.47. The quantitative estimate of drug-likeness (QED) is 0.281. The zero-order valence-corrected chi connectivity index (χ0v) is 24.4. The van der Waals surface area contributed by atoms with Crippen LogP contribution in [0.25, 0.3) is 0 Å². The molecule has 0 bridgehead atoms. The van der Waals surface area contributed by atoms with Gasteiger partial charge in [-0.3, -0.25) is 15.0 Å². The molecule has 4 rings (SSSR count). The molecule has 38 heavy (non-hydrogen) atoms. The number of carbonyl (C=O) groups excluding carboxylic acids is 1. The van der Waals surface area contributed by atoms with Gasteiger partial charge in [0.15, 0.2) is 8.38 Å². The molecule has 1 aliphatic carbocycles. The lowest BCUT2D eigenvalue weighted by Gasteiger charge is -2.32. The number of likely N-dealkylation sites (tertiary alicyclic amines) is 1. The van der Waals surface area contributed by atoms with Crippen molar-refractivity contribution in [1.29, 1.82) is 0 Å². The Kier molecular flexibility index (Phi) is 13.5. The lowest BCUT2D eigenvalue weighted by atomic mass is 9.85. The van der Waals surface area contributed by atoms with E-state index in [2.05, 4.69) is 58.1 Å². The third-order valence-corrected chi connectivity index (χ3v) is 9.92. The second-order valence-corrected chi connectivity index (χ2v) is 13.1.